The van der Waals surface area contributed by atoms with Gasteiger partial charge in [0.05, 0.1) is 0 Å². The highest BCUT2D eigenvalue weighted by atomic mass is 16.3. The van der Waals surface area contributed by atoms with Crippen molar-refractivity contribution in [2.75, 3.05) is 0 Å². The highest BCUT2D eigenvalue weighted by molar-refractivity contribution is 5.93. The summed E-state index contributed by atoms with van der Waals surface area (Å²) >= 11 is 0. The Morgan fingerprint density at radius 1 is 1.50 bits per heavy atom. The van der Waals surface area contributed by atoms with Crippen molar-refractivity contribution in [2.45, 2.75) is 39.7 Å². The second-order valence-electron chi connectivity index (χ2n) is 5.06. The van der Waals surface area contributed by atoms with Crippen molar-refractivity contribution < 1.29 is 14.7 Å². The van der Waals surface area contributed by atoms with E-state index in [1.54, 1.807) is 6.92 Å². The van der Waals surface area contributed by atoms with Crippen molar-refractivity contribution in [3.05, 3.63) is 23.8 Å². The molecular weight excluding hydrogens is 204 g/mol. The fourth-order valence-corrected chi connectivity index (χ4v) is 2.10. The second-order valence-corrected chi connectivity index (χ2v) is 5.06. The number of aliphatic hydroxyl groups is 1. The third-order valence-corrected chi connectivity index (χ3v) is 3.19. The molecule has 0 unspecified atom stereocenters. The van der Waals surface area contributed by atoms with Crippen molar-refractivity contribution in [3.63, 3.8) is 0 Å². The predicted molar refractivity (Wildman–Crippen MR) is 61.9 cm³/mol. The first kappa shape index (κ1) is 12.8. The molecule has 0 aromatic carbocycles. The fraction of sp³-hybridized carbons (Fsp3) is 0.538. The molecule has 0 amide bonds. The molecule has 1 aliphatic rings. The van der Waals surface area contributed by atoms with Crippen LogP contribution in [0.3, 0.4) is 0 Å². The molecule has 88 valence electrons. The van der Waals surface area contributed by atoms with Crippen molar-refractivity contribution in [3.8, 4) is 0 Å². The van der Waals surface area contributed by atoms with Crippen molar-refractivity contribution in [1.82, 2.24) is 0 Å². The van der Waals surface area contributed by atoms with Gasteiger partial charge in [0.15, 0.2) is 11.6 Å². The van der Waals surface area contributed by atoms with Crippen LogP contribution in [0.5, 0.6) is 0 Å². The lowest BCUT2D eigenvalue weighted by Gasteiger charge is -2.43. The van der Waals surface area contributed by atoms with E-state index in [-0.39, 0.29) is 18.0 Å². The topological polar surface area (TPSA) is 54.4 Å². The summed E-state index contributed by atoms with van der Waals surface area (Å²) in [5.74, 6) is -0.0997. The zero-order chi connectivity index (χ0) is 12.6. The Morgan fingerprint density at radius 2 is 2.06 bits per heavy atom. The van der Waals surface area contributed by atoms with E-state index in [0.717, 1.165) is 0 Å². The largest absolute Gasteiger partial charge is 0.381 e. The van der Waals surface area contributed by atoms with Gasteiger partial charge in [-0.25, -0.2) is 0 Å². The molecule has 0 aliphatic heterocycles. The van der Waals surface area contributed by atoms with Gasteiger partial charge in [-0.05, 0) is 37.6 Å². The van der Waals surface area contributed by atoms with Crippen LogP contribution in [0.1, 0.15) is 34.1 Å². The Morgan fingerprint density at radius 3 is 2.50 bits per heavy atom. The van der Waals surface area contributed by atoms with Gasteiger partial charge in [-0.1, -0.05) is 13.8 Å². The zero-order valence-corrected chi connectivity index (χ0v) is 10.2. The highest BCUT2D eigenvalue weighted by Crippen LogP contribution is 2.43. The van der Waals surface area contributed by atoms with Crippen LogP contribution in [0.2, 0.25) is 0 Å². The predicted octanol–water partition coefficient (Wildman–Crippen LogP) is 1.81. The molecule has 0 bridgehead atoms. The summed E-state index contributed by atoms with van der Waals surface area (Å²) in [6.45, 7) is 6.79. The molecule has 1 rings (SSSR count). The first-order chi connectivity index (χ1) is 7.19. The molecule has 1 atom stereocenters. The summed E-state index contributed by atoms with van der Waals surface area (Å²) in [5, 5.41) is 10.6. The van der Waals surface area contributed by atoms with Crippen LogP contribution in [0.15, 0.2) is 23.8 Å². The Labute approximate surface area is 95.9 Å². The summed E-state index contributed by atoms with van der Waals surface area (Å²) in [6.07, 6.45) is 4.58. The molecule has 3 heteroatoms. The monoisotopic (exact) mass is 222 g/mol. The van der Waals surface area contributed by atoms with Crippen LogP contribution in [-0.2, 0) is 9.59 Å². The quantitative estimate of drug-likeness (QED) is 0.725. The maximum absolute atomic E-state index is 11.4. The summed E-state index contributed by atoms with van der Waals surface area (Å²) in [4.78, 5) is 22.4. The first-order valence-electron chi connectivity index (χ1n) is 5.33. The van der Waals surface area contributed by atoms with E-state index in [1.807, 2.05) is 13.8 Å². The van der Waals surface area contributed by atoms with Crippen LogP contribution in [-0.4, -0.2) is 22.3 Å². The maximum Gasteiger partial charge on any atom is 0.156 e. The third-order valence-electron chi connectivity index (χ3n) is 3.19. The molecule has 0 aromatic rings. The smallest absolute Gasteiger partial charge is 0.156 e. The molecule has 0 heterocycles. The molecule has 0 spiro atoms. The molecule has 0 radical (unpaired) electrons. The molecule has 1 N–H and O–H groups in total. The van der Waals surface area contributed by atoms with Crippen molar-refractivity contribution in [2.24, 2.45) is 5.41 Å². The van der Waals surface area contributed by atoms with Gasteiger partial charge in [-0.15, -0.1) is 0 Å². The van der Waals surface area contributed by atoms with E-state index in [1.165, 1.54) is 25.2 Å². The van der Waals surface area contributed by atoms with E-state index in [4.69, 9.17) is 0 Å². The van der Waals surface area contributed by atoms with E-state index in [2.05, 4.69) is 0 Å². The number of carbonyl (C=O) groups excluding carboxylic acids is 2. The molecule has 0 fully saturated rings. The number of carbonyl (C=O) groups is 2. The summed E-state index contributed by atoms with van der Waals surface area (Å²) in [6, 6.07) is 0. The Balaban J connectivity index is 3.21. The van der Waals surface area contributed by atoms with Crippen molar-refractivity contribution in [1.29, 1.82) is 0 Å². The summed E-state index contributed by atoms with van der Waals surface area (Å²) < 4.78 is 0. The second kappa shape index (κ2) is 3.98. The number of ketones is 2. The van der Waals surface area contributed by atoms with E-state index in [9.17, 15) is 14.7 Å². The minimum Gasteiger partial charge on any atom is -0.381 e. The number of allylic oxidation sites excluding steroid dienone is 2. The number of hydrogen-bond donors (Lipinski definition) is 1. The molecule has 0 aromatic heterocycles. The van der Waals surface area contributed by atoms with E-state index >= 15 is 0 Å². The Hall–Kier alpha value is -1.22. The molecule has 0 saturated heterocycles. The lowest BCUT2D eigenvalue weighted by atomic mass is 9.64. The van der Waals surface area contributed by atoms with Crippen LogP contribution >= 0.6 is 0 Å². The van der Waals surface area contributed by atoms with Crippen LogP contribution in [0, 0.1) is 5.41 Å². The zero-order valence-electron chi connectivity index (χ0n) is 10.2. The molecule has 3 nitrogen and oxygen atoms in total. The minimum atomic E-state index is -1.22. The number of rotatable bonds is 2. The van der Waals surface area contributed by atoms with Crippen LogP contribution < -0.4 is 0 Å². The van der Waals surface area contributed by atoms with E-state index < -0.39 is 11.0 Å². The molecule has 1 aliphatic carbocycles. The lowest BCUT2D eigenvalue weighted by Crippen LogP contribution is -2.48. The standard InChI is InChI=1S/C13H18O3/c1-9-7-11(15)8-12(3,4)13(9,16)6-5-10(2)14/h5-7,16H,8H2,1-4H3/b6-5+/t13-/m0/s1. The van der Waals surface area contributed by atoms with Gasteiger partial charge in [0.25, 0.3) is 0 Å². The molecular formula is C13H18O3. The average molecular weight is 222 g/mol. The number of hydrogen-bond acceptors (Lipinski definition) is 3. The Kier molecular flexibility index (Phi) is 3.20. The van der Waals surface area contributed by atoms with Crippen molar-refractivity contribution >= 4 is 11.6 Å². The van der Waals surface area contributed by atoms with Gasteiger partial charge in [-0.3, -0.25) is 9.59 Å². The van der Waals surface area contributed by atoms with Gasteiger partial charge in [-0.2, -0.15) is 0 Å². The van der Waals surface area contributed by atoms with Gasteiger partial charge < -0.3 is 5.11 Å². The van der Waals surface area contributed by atoms with Crippen LogP contribution in [0.4, 0.5) is 0 Å². The summed E-state index contributed by atoms with van der Waals surface area (Å²) in [5.41, 5.74) is -1.21. The lowest BCUT2D eigenvalue weighted by molar-refractivity contribution is -0.121. The fourth-order valence-electron chi connectivity index (χ4n) is 2.10. The van der Waals surface area contributed by atoms with Gasteiger partial charge in [0, 0.05) is 11.8 Å². The highest BCUT2D eigenvalue weighted by Gasteiger charge is 2.46. The maximum atomic E-state index is 11.4. The normalized spacial score (nSPS) is 29.3. The third kappa shape index (κ3) is 2.14. The van der Waals surface area contributed by atoms with Gasteiger partial charge in [0.1, 0.15) is 5.60 Å². The summed E-state index contributed by atoms with van der Waals surface area (Å²) in [7, 11) is 0. The average Bonchev–Trinajstić information content (AvgIpc) is 2.10. The van der Waals surface area contributed by atoms with Gasteiger partial charge >= 0.3 is 0 Å². The SMILES string of the molecule is CC(=O)/C=C/[C@]1(O)C(C)=CC(=O)CC1(C)C. The minimum absolute atomic E-state index is 0.0170. The molecule has 0 saturated carbocycles. The van der Waals surface area contributed by atoms with Crippen LogP contribution in [0.25, 0.3) is 0 Å². The van der Waals surface area contributed by atoms with E-state index in [0.29, 0.717) is 5.57 Å². The van der Waals surface area contributed by atoms with Gasteiger partial charge in [0.2, 0.25) is 0 Å². The first-order valence-corrected chi connectivity index (χ1v) is 5.33. The Bertz CT molecular complexity index is 388. The molecule has 16 heavy (non-hydrogen) atoms.